The Morgan fingerprint density at radius 2 is 1.69 bits per heavy atom. The van der Waals surface area contributed by atoms with Gasteiger partial charge < -0.3 is 17.8 Å². The van der Waals surface area contributed by atoms with E-state index >= 15 is 0 Å². The summed E-state index contributed by atoms with van der Waals surface area (Å²) in [7, 11) is -9.55. The number of hydrogen-bond acceptors (Lipinski definition) is 7. The molecule has 0 spiro atoms. The van der Waals surface area contributed by atoms with E-state index in [-0.39, 0.29) is 13.2 Å². The van der Waals surface area contributed by atoms with Crippen LogP contribution in [0, 0.1) is 0 Å². The molecule has 0 fully saturated rings. The third kappa shape index (κ3) is 6.42. The molecule has 0 atom stereocenters. The monoisotopic (exact) mass is 421 g/mol. The third-order valence-corrected chi connectivity index (χ3v) is 5.55. The van der Waals surface area contributed by atoms with Crippen LogP contribution in [0.15, 0.2) is 23.1 Å². The van der Waals surface area contributed by atoms with E-state index in [2.05, 4.69) is 4.18 Å². The summed E-state index contributed by atoms with van der Waals surface area (Å²) in [5.74, 6) is -0.817. The predicted octanol–water partition coefficient (Wildman–Crippen LogP) is 3.08. The Balaban J connectivity index is 3.02. The van der Waals surface area contributed by atoms with Gasteiger partial charge in [0, 0.05) is 12.3 Å². The van der Waals surface area contributed by atoms with Gasteiger partial charge in [-0.1, -0.05) is 13.8 Å². The summed E-state index contributed by atoms with van der Waals surface area (Å²) >= 11 is 0. The molecule has 0 radical (unpaired) electrons. The molecule has 1 heterocycles. The van der Waals surface area contributed by atoms with E-state index < -0.39 is 40.8 Å². The zero-order chi connectivity index (χ0) is 20.0. The summed E-state index contributed by atoms with van der Waals surface area (Å²) in [5, 5.41) is 0. The van der Waals surface area contributed by atoms with Crippen molar-refractivity contribution < 1.29 is 39.4 Å². The molecule has 0 amide bonds. The van der Waals surface area contributed by atoms with Crippen LogP contribution < -0.4 is 9.74 Å². The van der Waals surface area contributed by atoms with Crippen LogP contribution in [-0.4, -0.2) is 31.7 Å². The molecule has 0 saturated carbocycles. The fourth-order valence-corrected chi connectivity index (χ4v) is 3.82. The average Bonchev–Trinajstić information content (AvgIpc) is 2.52. The fourth-order valence-electron chi connectivity index (χ4n) is 1.60. The van der Waals surface area contributed by atoms with Crippen molar-refractivity contribution in [2.45, 2.75) is 38.5 Å². The molecule has 0 aliphatic carbocycles. The molecular formula is C13H19F3NO7PS. The lowest BCUT2D eigenvalue weighted by Crippen LogP contribution is -2.29. The molecule has 1 aromatic heterocycles. The van der Waals surface area contributed by atoms with Crippen molar-refractivity contribution >= 4 is 17.7 Å². The molecule has 1 rings (SSSR count). The normalized spacial score (nSPS) is 13.0. The average molecular weight is 421 g/mol. The Kier molecular flexibility index (Phi) is 7.87. The van der Waals surface area contributed by atoms with Crippen molar-refractivity contribution in [2.24, 2.45) is 0 Å². The molecule has 0 aromatic carbocycles. The number of halogens is 3. The van der Waals surface area contributed by atoms with Gasteiger partial charge >= 0.3 is 23.2 Å². The molecule has 0 aliphatic heterocycles. The first kappa shape index (κ1) is 22.7. The first-order valence-corrected chi connectivity index (χ1v) is 10.7. The molecule has 0 N–H and O–H groups in total. The van der Waals surface area contributed by atoms with Gasteiger partial charge in [-0.15, -0.1) is 0 Å². The topological polar surface area (TPSA) is 101 Å². The molecule has 26 heavy (non-hydrogen) atoms. The van der Waals surface area contributed by atoms with Gasteiger partial charge in [0.05, 0.1) is 13.2 Å². The van der Waals surface area contributed by atoms with Gasteiger partial charge in [-0.05, 0) is 18.9 Å². The van der Waals surface area contributed by atoms with Crippen molar-refractivity contribution in [1.82, 2.24) is 4.57 Å². The molecule has 150 valence electrons. The third-order valence-electron chi connectivity index (χ3n) is 2.77. The van der Waals surface area contributed by atoms with Gasteiger partial charge in [0.25, 0.3) is 5.56 Å². The summed E-state index contributed by atoms with van der Waals surface area (Å²) in [5.41, 5.74) is -6.56. The molecule has 0 saturated heterocycles. The maximum absolute atomic E-state index is 12.6. The number of alkyl halides is 3. The molecule has 0 bridgehead atoms. The lowest BCUT2D eigenvalue weighted by molar-refractivity contribution is -0.0500. The second kappa shape index (κ2) is 9.03. The minimum Gasteiger partial charge on any atom is -0.376 e. The number of pyridine rings is 1. The number of hydrogen-bond donors (Lipinski definition) is 0. The van der Waals surface area contributed by atoms with Crippen molar-refractivity contribution in [1.29, 1.82) is 0 Å². The lowest BCUT2D eigenvalue weighted by atomic mass is 10.4. The highest BCUT2D eigenvalue weighted by molar-refractivity contribution is 7.88. The van der Waals surface area contributed by atoms with Gasteiger partial charge in [-0.25, -0.2) is 0 Å². The summed E-state index contributed by atoms with van der Waals surface area (Å²) in [4.78, 5) is 12.0. The Labute approximate surface area is 148 Å². The summed E-state index contributed by atoms with van der Waals surface area (Å²) in [6.07, 6.45) is 1.58. The zero-order valence-electron chi connectivity index (χ0n) is 14.1. The number of aromatic nitrogens is 1. The van der Waals surface area contributed by atoms with Crippen LogP contribution in [0.5, 0.6) is 5.75 Å². The predicted molar refractivity (Wildman–Crippen MR) is 86.4 cm³/mol. The smallest absolute Gasteiger partial charge is 0.376 e. The van der Waals surface area contributed by atoms with E-state index in [9.17, 15) is 30.9 Å². The number of rotatable bonds is 10. The highest BCUT2D eigenvalue weighted by Gasteiger charge is 2.48. The van der Waals surface area contributed by atoms with Crippen LogP contribution in [-0.2, 0) is 30.0 Å². The van der Waals surface area contributed by atoms with Crippen molar-refractivity contribution in [3.05, 3.63) is 28.7 Å². The zero-order valence-corrected chi connectivity index (χ0v) is 15.8. The van der Waals surface area contributed by atoms with Crippen LogP contribution in [0.25, 0.3) is 0 Å². The SMILES string of the molecule is CCCOP(=O)(Cn1ccc(OS(=O)(=O)C(F)(F)F)cc1=O)OCCC. The molecule has 0 unspecified atom stereocenters. The standard InChI is InChI=1S/C13H19F3NO7PS/c1-3-7-22-25(19,23-8-4-2)10-17-6-5-11(9-12(17)18)24-26(20,21)13(14,15)16/h5-6,9H,3-4,7-8,10H2,1-2H3. The summed E-state index contributed by atoms with van der Waals surface area (Å²) in [6, 6.07) is 1.36. The second-order valence-electron chi connectivity index (χ2n) is 5.07. The van der Waals surface area contributed by atoms with E-state index in [1.54, 1.807) is 13.8 Å². The molecule has 0 aliphatic rings. The van der Waals surface area contributed by atoms with Gasteiger partial charge in [-0.3, -0.25) is 9.36 Å². The van der Waals surface area contributed by atoms with Gasteiger partial charge in [0.1, 0.15) is 12.0 Å². The first-order valence-electron chi connectivity index (χ1n) is 7.53. The van der Waals surface area contributed by atoms with E-state index in [0.717, 1.165) is 16.8 Å². The van der Waals surface area contributed by atoms with Gasteiger partial charge in [0.15, 0.2) is 0 Å². The summed E-state index contributed by atoms with van der Waals surface area (Å²) < 4.78 is 86.5. The van der Waals surface area contributed by atoms with E-state index in [1.807, 2.05) is 0 Å². The van der Waals surface area contributed by atoms with E-state index in [4.69, 9.17) is 9.05 Å². The highest BCUT2D eigenvalue weighted by Crippen LogP contribution is 2.49. The van der Waals surface area contributed by atoms with Crippen molar-refractivity contribution in [3.8, 4) is 5.75 Å². The van der Waals surface area contributed by atoms with Crippen LogP contribution >= 0.6 is 7.60 Å². The Bertz CT molecular complexity index is 795. The van der Waals surface area contributed by atoms with Crippen LogP contribution in [0.4, 0.5) is 13.2 Å². The Morgan fingerprint density at radius 3 is 2.12 bits per heavy atom. The van der Waals surface area contributed by atoms with Crippen LogP contribution in [0.2, 0.25) is 0 Å². The van der Waals surface area contributed by atoms with Gasteiger partial charge in [-0.2, -0.15) is 21.6 Å². The number of nitrogens with zero attached hydrogens (tertiary/aromatic N) is 1. The largest absolute Gasteiger partial charge is 0.534 e. The molecule has 13 heteroatoms. The molecule has 1 aromatic rings. The molecular weight excluding hydrogens is 402 g/mol. The van der Waals surface area contributed by atoms with Crippen molar-refractivity contribution in [2.75, 3.05) is 13.2 Å². The minimum atomic E-state index is -5.89. The van der Waals surface area contributed by atoms with Crippen LogP contribution in [0.3, 0.4) is 0 Å². The Morgan fingerprint density at radius 1 is 1.15 bits per heavy atom. The van der Waals surface area contributed by atoms with E-state index in [1.165, 1.54) is 0 Å². The van der Waals surface area contributed by atoms with Crippen LogP contribution in [0.1, 0.15) is 26.7 Å². The Hall–Kier alpha value is -1.36. The van der Waals surface area contributed by atoms with E-state index in [0.29, 0.717) is 18.9 Å². The highest BCUT2D eigenvalue weighted by atomic mass is 32.2. The second-order valence-corrected chi connectivity index (χ2v) is 8.63. The maximum atomic E-state index is 12.6. The fraction of sp³-hybridized carbons (Fsp3) is 0.615. The molecule has 8 nitrogen and oxygen atoms in total. The minimum absolute atomic E-state index is 0.126. The van der Waals surface area contributed by atoms with Gasteiger partial charge in [0.2, 0.25) is 0 Å². The maximum Gasteiger partial charge on any atom is 0.534 e. The first-order chi connectivity index (χ1) is 11.9. The quantitative estimate of drug-likeness (QED) is 0.325. The lowest BCUT2D eigenvalue weighted by Gasteiger charge is -2.19. The van der Waals surface area contributed by atoms with Crippen molar-refractivity contribution in [3.63, 3.8) is 0 Å². The summed E-state index contributed by atoms with van der Waals surface area (Å²) in [6.45, 7) is 3.81.